The lowest BCUT2D eigenvalue weighted by Crippen LogP contribution is -2.29. The summed E-state index contributed by atoms with van der Waals surface area (Å²) >= 11 is 0. The molecule has 1 aromatic carbocycles. The number of rotatable bonds is 8. The summed E-state index contributed by atoms with van der Waals surface area (Å²) in [5.74, 6) is -0.278. The standard InChI is InChI=1S/C17H25NO3/c1-14(17(3,4)13-20-15(2)19)18-21-12-8-11-16-9-6-5-7-10-16/h5-7,9-10H,8,11-13H2,1-4H3/b18-14+. The predicted molar refractivity (Wildman–Crippen MR) is 84.2 cm³/mol. The van der Waals surface area contributed by atoms with Gasteiger partial charge in [-0.3, -0.25) is 4.79 Å². The number of benzene rings is 1. The van der Waals surface area contributed by atoms with E-state index in [1.54, 1.807) is 0 Å². The van der Waals surface area contributed by atoms with Crippen LogP contribution in [0.2, 0.25) is 0 Å². The SMILES string of the molecule is CC(=O)OCC(C)(C)/C(C)=N/OCCCc1ccccc1. The van der Waals surface area contributed by atoms with Gasteiger partial charge < -0.3 is 9.57 Å². The quantitative estimate of drug-likeness (QED) is 0.318. The van der Waals surface area contributed by atoms with Crippen molar-refractivity contribution in [1.82, 2.24) is 0 Å². The smallest absolute Gasteiger partial charge is 0.302 e. The van der Waals surface area contributed by atoms with Crippen LogP contribution >= 0.6 is 0 Å². The van der Waals surface area contributed by atoms with E-state index in [0.717, 1.165) is 18.6 Å². The summed E-state index contributed by atoms with van der Waals surface area (Å²) in [6.45, 7) is 8.13. The van der Waals surface area contributed by atoms with E-state index in [-0.39, 0.29) is 11.4 Å². The van der Waals surface area contributed by atoms with Gasteiger partial charge in [0.2, 0.25) is 0 Å². The van der Waals surface area contributed by atoms with Gasteiger partial charge in [-0.25, -0.2) is 0 Å². The van der Waals surface area contributed by atoms with Crippen LogP contribution in [0.3, 0.4) is 0 Å². The number of carbonyl (C=O) groups is 1. The predicted octanol–water partition coefficient (Wildman–Crippen LogP) is 3.60. The normalized spacial score (nSPS) is 12.1. The Morgan fingerprint density at radius 1 is 1.19 bits per heavy atom. The first-order valence-corrected chi connectivity index (χ1v) is 7.26. The van der Waals surface area contributed by atoms with E-state index in [2.05, 4.69) is 17.3 Å². The highest BCUT2D eigenvalue weighted by Crippen LogP contribution is 2.18. The van der Waals surface area contributed by atoms with Crippen molar-refractivity contribution in [1.29, 1.82) is 0 Å². The second kappa shape index (κ2) is 8.45. The lowest BCUT2D eigenvalue weighted by atomic mass is 9.89. The molecule has 4 heteroatoms. The van der Waals surface area contributed by atoms with Crippen LogP contribution in [0.15, 0.2) is 35.5 Å². The van der Waals surface area contributed by atoms with Crippen LogP contribution in [0.5, 0.6) is 0 Å². The molecular weight excluding hydrogens is 266 g/mol. The molecule has 0 saturated carbocycles. The van der Waals surface area contributed by atoms with Crippen molar-refractivity contribution in [3.63, 3.8) is 0 Å². The molecule has 0 atom stereocenters. The molecule has 0 amide bonds. The molecule has 0 aromatic heterocycles. The Bertz CT molecular complexity index is 466. The highest BCUT2D eigenvalue weighted by Gasteiger charge is 2.24. The second-order valence-corrected chi connectivity index (χ2v) is 5.76. The molecule has 0 N–H and O–H groups in total. The van der Waals surface area contributed by atoms with E-state index in [0.29, 0.717) is 13.2 Å². The third kappa shape index (κ3) is 6.93. The fourth-order valence-electron chi connectivity index (χ4n) is 1.64. The molecule has 0 radical (unpaired) electrons. The molecule has 0 aliphatic rings. The summed E-state index contributed by atoms with van der Waals surface area (Å²) < 4.78 is 5.04. The molecule has 4 nitrogen and oxygen atoms in total. The van der Waals surface area contributed by atoms with E-state index in [9.17, 15) is 4.79 Å². The number of hydrogen-bond acceptors (Lipinski definition) is 4. The number of oxime groups is 1. The molecule has 0 heterocycles. The van der Waals surface area contributed by atoms with Crippen molar-refractivity contribution in [2.45, 2.75) is 40.5 Å². The van der Waals surface area contributed by atoms with Gasteiger partial charge in [-0.05, 0) is 25.3 Å². The van der Waals surface area contributed by atoms with Crippen molar-refractivity contribution < 1.29 is 14.4 Å². The largest absolute Gasteiger partial charge is 0.465 e. The van der Waals surface area contributed by atoms with E-state index in [1.807, 2.05) is 39.0 Å². The minimum Gasteiger partial charge on any atom is -0.465 e. The average Bonchev–Trinajstić information content (AvgIpc) is 2.46. The van der Waals surface area contributed by atoms with Crippen LogP contribution in [0.1, 0.15) is 39.7 Å². The number of hydrogen-bond donors (Lipinski definition) is 0. The molecule has 0 saturated heterocycles. The molecule has 1 rings (SSSR count). The Labute approximate surface area is 127 Å². The van der Waals surface area contributed by atoms with Crippen LogP contribution in [0.25, 0.3) is 0 Å². The minimum absolute atomic E-state index is 0.278. The molecule has 0 fully saturated rings. The summed E-state index contributed by atoms with van der Waals surface area (Å²) in [6.07, 6.45) is 1.90. The second-order valence-electron chi connectivity index (χ2n) is 5.76. The Morgan fingerprint density at radius 2 is 1.86 bits per heavy atom. The first kappa shape index (κ1) is 17.2. The number of nitrogens with zero attached hydrogens (tertiary/aromatic N) is 1. The summed E-state index contributed by atoms with van der Waals surface area (Å²) in [5.41, 5.74) is 1.81. The van der Waals surface area contributed by atoms with E-state index < -0.39 is 0 Å². The van der Waals surface area contributed by atoms with Crippen molar-refractivity contribution in [3.8, 4) is 0 Å². The zero-order valence-electron chi connectivity index (χ0n) is 13.4. The monoisotopic (exact) mass is 291 g/mol. The molecule has 0 unspecified atom stereocenters. The zero-order valence-corrected chi connectivity index (χ0v) is 13.4. The third-order valence-electron chi connectivity index (χ3n) is 3.36. The molecule has 0 aliphatic carbocycles. The van der Waals surface area contributed by atoms with Crippen LogP contribution in [-0.4, -0.2) is 24.9 Å². The molecule has 0 spiro atoms. The summed E-state index contributed by atoms with van der Waals surface area (Å²) in [7, 11) is 0. The van der Waals surface area contributed by atoms with Crippen molar-refractivity contribution in [2.75, 3.05) is 13.2 Å². The molecule has 0 aliphatic heterocycles. The molecule has 116 valence electrons. The molecule has 0 bridgehead atoms. The number of esters is 1. The summed E-state index contributed by atoms with van der Waals surface area (Å²) in [6, 6.07) is 10.3. The summed E-state index contributed by atoms with van der Waals surface area (Å²) in [5, 5.41) is 4.13. The first-order chi connectivity index (χ1) is 9.92. The number of ether oxygens (including phenoxy) is 1. The van der Waals surface area contributed by atoms with Crippen LogP contribution in [-0.2, 0) is 20.8 Å². The van der Waals surface area contributed by atoms with Gasteiger partial charge in [0.05, 0.1) is 5.71 Å². The van der Waals surface area contributed by atoms with Crippen LogP contribution < -0.4 is 0 Å². The van der Waals surface area contributed by atoms with Crippen molar-refractivity contribution >= 4 is 11.7 Å². The number of carbonyl (C=O) groups excluding carboxylic acids is 1. The van der Waals surface area contributed by atoms with Gasteiger partial charge in [0.15, 0.2) is 0 Å². The van der Waals surface area contributed by atoms with Gasteiger partial charge in [0, 0.05) is 12.3 Å². The van der Waals surface area contributed by atoms with Gasteiger partial charge >= 0.3 is 5.97 Å². The zero-order chi connectivity index (χ0) is 15.7. The Kier molecular flexibility index (Phi) is 6.92. The van der Waals surface area contributed by atoms with Gasteiger partial charge in [0.25, 0.3) is 0 Å². The van der Waals surface area contributed by atoms with Crippen molar-refractivity contribution in [2.24, 2.45) is 10.6 Å². The van der Waals surface area contributed by atoms with Crippen LogP contribution in [0.4, 0.5) is 0 Å². The highest BCUT2D eigenvalue weighted by atomic mass is 16.6. The van der Waals surface area contributed by atoms with Gasteiger partial charge in [-0.15, -0.1) is 0 Å². The minimum atomic E-state index is -0.314. The van der Waals surface area contributed by atoms with Gasteiger partial charge in [0.1, 0.15) is 13.2 Å². The molecule has 1 aromatic rings. The third-order valence-corrected chi connectivity index (χ3v) is 3.36. The van der Waals surface area contributed by atoms with Gasteiger partial charge in [-0.2, -0.15) is 0 Å². The van der Waals surface area contributed by atoms with Crippen molar-refractivity contribution in [3.05, 3.63) is 35.9 Å². The Balaban J connectivity index is 2.30. The Morgan fingerprint density at radius 3 is 2.48 bits per heavy atom. The lowest BCUT2D eigenvalue weighted by Gasteiger charge is -2.23. The fraction of sp³-hybridized carbons (Fsp3) is 0.529. The van der Waals surface area contributed by atoms with E-state index in [4.69, 9.17) is 9.57 Å². The highest BCUT2D eigenvalue weighted by molar-refractivity contribution is 5.87. The topological polar surface area (TPSA) is 47.9 Å². The molecular formula is C17H25NO3. The maximum Gasteiger partial charge on any atom is 0.302 e. The van der Waals surface area contributed by atoms with E-state index >= 15 is 0 Å². The maximum atomic E-state index is 10.9. The summed E-state index contributed by atoms with van der Waals surface area (Å²) in [4.78, 5) is 16.2. The van der Waals surface area contributed by atoms with Gasteiger partial charge in [-0.1, -0.05) is 49.3 Å². The van der Waals surface area contributed by atoms with E-state index in [1.165, 1.54) is 12.5 Å². The Hall–Kier alpha value is -1.84. The maximum absolute atomic E-state index is 10.9. The van der Waals surface area contributed by atoms with Crippen LogP contribution in [0, 0.1) is 5.41 Å². The first-order valence-electron chi connectivity index (χ1n) is 7.26. The average molecular weight is 291 g/mol. The lowest BCUT2D eigenvalue weighted by molar-refractivity contribution is -0.142. The number of aryl methyl sites for hydroxylation is 1. The molecule has 21 heavy (non-hydrogen) atoms. The fourth-order valence-corrected chi connectivity index (χ4v) is 1.64.